The van der Waals surface area contributed by atoms with E-state index in [0.717, 1.165) is 21.2 Å². The van der Waals surface area contributed by atoms with Crippen LogP contribution >= 0.6 is 15.9 Å². The number of benzene rings is 2. The Morgan fingerprint density at radius 1 is 1.14 bits per heavy atom. The molecule has 21 heavy (non-hydrogen) atoms. The summed E-state index contributed by atoms with van der Waals surface area (Å²) in [7, 11) is 0. The molecule has 0 bridgehead atoms. The molecule has 0 aromatic heterocycles. The van der Waals surface area contributed by atoms with Gasteiger partial charge in [0.2, 0.25) is 5.91 Å². The number of hydrogen-bond donors (Lipinski definition) is 2. The molecule has 0 saturated carbocycles. The van der Waals surface area contributed by atoms with E-state index in [-0.39, 0.29) is 11.9 Å². The van der Waals surface area contributed by atoms with Crippen molar-refractivity contribution in [2.75, 3.05) is 0 Å². The molecular formula is C17H19BrN2O. The maximum Gasteiger partial charge on any atom is 0.241 e. The second-order valence-electron chi connectivity index (χ2n) is 5.14. The summed E-state index contributed by atoms with van der Waals surface area (Å²) in [6.07, 6.45) is 0. The van der Waals surface area contributed by atoms with Crippen molar-refractivity contribution in [2.45, 2.75) is 25.9 Å². The average Bonchev–Trinajstić information content (AvgIpc) is 2.47. The van der Waals surface area contributed by atoms with Gasteiger partial charge >= 0.3 is 0 Å². The maximum atomic E-state index is 12.3. The van der Waals surface area contributed by atoms with Crippen molar-refractivity contribution in [3.8, 4) is 0 Å². The second-order valence-corrected chi connectivity index (χ2v) is 5.99. The number of halogens is 1. The van der Waals surface area contributed by atoms with Crippen molar-refractivity contribution in [1.82, 2.24) is 5.32 Å². The van der Waals surface area contributed by atoms with Gasteiger partial charge in [0, 0.05) is 4.47 Å². The highest BCUT2D eigenvalue weighted by Crippen LogP contribution is 2.23. The number of carbonyl (C=O) groups is 1. The number of nitrogens with one attached hydrogen (secondary N) is 1. The molecule has 0 aliphatic heterocycles. The van der Waals surface area contributed by atoms with Gasteiger partial charge in [-0.2, -0.15) is 0 Å². The Hall–Kier alpha value is -1.65. The van der Waals surface area contributed by atoms with Crippen LogP contribution < -0.4 is 11.1 Å². The van der Waals surface area contributed by atoms with Crippen molar-refractivity contribution in [2.24, 2.45) is 5.73 Å². The first kappa shape index (κ1) is 15.7. The Labute approximate surface area is 133 Å². The molecule has 2 unspecified atom stereocenters. The molecule has 4 heteroatoms. The molecular weight excluding hydrogens is 328 g/mol. The van der Waals surface area contributed by atoms with E-state index in [1.165, 1.54) is 0 Å². The Morgan fingerprint density at radius 2 is 1.76 bits per heavy atom. The molecule has 0 fully saturated rings. The number of carbonyl (C=O) groups excluding carboxylic acids is 1. The number of hydrogen-bond acceptors (Lipinski definition) is 2. The average molecular weight is 347 g/mol. The Kier molecular flexibility index (Phi) is 5.15. The molecule has 3 N–H and O–H groups in total. The van der Waals surface area contributed by atoms with Gasteiger partial charge in [0.1, 0.15) is 6.04 Å². The molecule has 0 heterocycles. The van der Waals surface area contributed by atoms with Gasteiger partial charge in [-0.25, -0.2) is 0 Å². The predicted octanol–water partition coefficient (Wildman–Crippen LogP) is 3.63. The van der Waals surface area contributed by atoms with Crippen LogP contribution in [0.5, 0.6) is 0 Å². The zero-order valence-corrected chi connectivity index (χ0v) is 13.7. The van der Waals surface area contributed by atoms with Crippen molar-refractivity contribution < 1.29 is 4.79 Å². The lowest BCUT2D eigenvalue weighted by Crippen LogP contribution is -2.35. The van der Waals surface area contributed by atoms with Crippen molar-refractivity contribution in [1.29, 1.82) is 0 Å². The Balaban J connectivity index is 2.07. The van der Waals surface area contributed by atoms with Crippen LogP contribution in [0.1, 0.15) is 35.7 Å². The van der Waals surface area contributed by atoms with E-state index in [4.69, 9.17) is 5.73 Å². The van der Waals surface area contributed by atoms with Gasteiger partial charge in [-0.1, -0.05) is 64.0 Å². The summed E-state index contributed by atoms with van der Waals surface area (Å²) >= 11 is 3.49. The molecule has 1 amide bonds. The van der Waals surface area contributed by atoms with Crippen LogP contribution in [0.15, 0.2) is 53.0 Å². The van der Waals surface area contributed by atoms with Crippen molar-refractivity contribution in [3.05, 3.63) is 69.7 Å². The van der Waals surface area contributed by atoms with Gasteiger partial charge in [-0.15, -0.1) is 0 Å². The third-order valence-electron chi connectivity index (χ3n) is 3.45. The lowest BCUT2D eigenvalue weighted by molar-refractivity contribution is -0.123. The van der Waals surface area contributed by atoms with E-state index >= 15 is 0 Å². The van der Waals surface area contributed by atoms with Crippen LogP contribution in [0, 0.1) is 6.92 Å². The second kappa shape index (κ2) is 6.87. The predicted molar refractivity (Wildman–Crippen MR) is 88.8 cm³/mol. The molecule has 2 aromatic rings. The molecule has 0 saturated heterocycles. The minimum Gasteiger partial charge on any atom is -0.348 e. The van der Waals surface area contributed by atoms with Crippen LogP contribution in [0.25, 0.3) is 0 Å². The first-order valence-electron chi connectivity index (χ1n) is 6.86. The summed E-state index contributed by atoms with van der Waals surface area (Å²) in [5.74, 6) is -0.179. The first-order valence-corrected chi connectivity index (χ1v) is 7.65. The fraction of sp³-hybridized carbons (Fsp3) is 0.235. The quantitative estimate of drug-likeness (QED) is 0.887. The lowest BCUT2D eigenvalue weighted by Gasteiger charge is -2.19. The van der Waals surface area contributed by atoms with E-state index < -0.39 is 6.04 Å². The number of nitrogens with two attached hydrogens (primary N) is 1. The minimum absolute atomic E-state index is 0.107. The van der Waals surface area contributed by atoms with E-state index in [1.807, 2.05) is 62.4 Å². The normalized spacial score (nSPS) is 13.5. The van der Waals surface area contributed by atoms with E-state index in [2.05, 4.69) is 21.2 Å². The highest BCUT2D eigenvalue weighted by molar-refractivity contribution is 9.10. The number of amides is 1. The molecule has 2 atom stereocenters. The number of rotatable bonds is 4. The Morgan fingerprint density at radius 3 is 2.38 bits per heavy atom. The largest absolute Gasteiger partial charge is 0.348 e. The summed E-state index contributed by atoms with van der Waals surface area (Å²) in [4.78, 5) is 12.3. The highest BCUT2D eigenvalue weighted by Gasteiger charge is 2.19. The van der Waals surface area contributed by atoms with Gasteiger partial charge in [0.25, 0.3) is 0 Å². The zero-order chi connectivity index (χ0) is 15.4. The minimum atomic E-state index is -0.657. The molecule has 2 aromatic carbocycles. The van der Waals surface area contributed by atoms with Gasteiger partial charge < -0.3 is 11.1 Å². The summed E-state index contributed by atoms with van der Waals surface area (Å²) < 4.78 is 0.974. The Bertz CT molecular complexity index is 625. The fourth-order valence-corrected chi connectivity index (χ4v) is 2.76. The zero-order valence-electron chi connectivity index (χ0n) is 12.1. The SMILES string of the molecule is Cc1ccc(C(N)C(=O)NC(C)c2ccccc2Br)cc1. The van der Waals surface area contributed by atoms with E-state index in [1.54, 1.807) is 0 Å². The van der Waals surface area contributed by atoms with Gasteiger partial charge in [-0.3, -0.25) is 4.79 Å². The highest BCUT2D eigenvalue weighted by atomic mass is 79.9. The van der Waals surface area contributed by atoms with Gasteiger partial charge in [0.05, 0.1) is 6.04 Å². The van der Waals surface area contributed by atoms with Gasteiger partial charge in [0.15, 0.2) is 0 Å². The van der Waals surface area contributed by atoms with E-state index in [0.29, 0.717) is 0 Å². The van der Waals surface area contributed by atoms with Crippen LogP contribution in [0.3, 0.4) is 0 Å². The fourth-order valence-electron chi connectivity index (χ4n) is 2.13. The molecule has 110 valence electrons. The number of aryl methyl sites for hydroxylation is 1. The summed E-state index contributed by atoms with van der Waals surface area (Å²) in [5, 5.41) is 2.96. The van der Waals surface area contributed by atoms with Gasteiger partial charge in [-0.05, 0) is 31.0 Å². The van der Waals surface area contributed by atoms with Crippen molar-refractivity contribution in [3.63, 3.8) is 0 Å². The molecule has 0 spiro atoms. The molecule has 0 aliphatic rings. The van der Waals surface area contributed by atoms with Crippen LogP contribution in [-0.4, -0.2) is 5.91 Å². The first-order chi connectivity index (χ1) is 9.99. The molecule has 0 aliphatic carbocycles. The van der Waals surface area contributed by atoms with Crippen LogP contribution in [0.2, 0.25) is 0 Å². The maximum absolute atomic E-state index is 12.3. The summed E-state index contributed by atoms with van der Waals surface area (Å²) in [6, 6.07) is 14.8. The summed E-state index contributed by atoms with van der Waals surface area (Å²) in [5.41, 5.74) is 9.02. The molecule has 2 rings (SSSR count). The molecule has 3 nitrogen and oxygen atoms in total. The van der Waals surface area contributed by atoms with Crippen molar-refractivity contribution >= 4 is 21.8 Å². The smallest absolute Gasteiger partial charge is 0.241 e. The standard InChI is InChI=1S/C17H19BrN2O/c1-11-7-9-13(10-8-11)16(19)17(21)20-12(2)14-5-3-4-6-15(14)18/h3-10,12,16H,19H2,1-2H3,(H,20,21). The third-order valence-corrected chi connectivity index (χ3v) is 4.17. The lowest BCUT2D eigenvalue weighted by atomic mass is 10.0. The topological polar surface area (TPSA) is 55.1 Å². The molecule has 0 radical (unpaired) electrons. The van der Waals surface area contributed by atoms with Crippen LogP contribution in [0.4, 0.5) is 0 Å². The monoisotopic (exact) mass is 346 g/mol. The summed E-state index contributed by atoms with van der Waals surface area (Å²) in [6.45, 7) is 3.95. The van der Waals surface area contributed by atoms with E-state index in [9.17, 15) is 4.79 Å². The third kappa shape index (κ3) is 3.93. The van der Waals surface area contributed by atoms with Crippen LogP contribution in [-0.2, 0) is 4.79 Å².